The normalized spacial score (nSPS) is 12.5. The number of rotatable bonds is 9. The van der Waals surface area contributed by atoms with Gasteiger partial charge in [0.05, 0.1) is 12.5 Å². The van der Waals surface area contributed by atoms with E-state index in [9.17, 15) is 4.79 Å². The molecule has 0 bridgehead atoms. The Labute approximate surface area is 93.6 Å². The van der Waals surface area contributed by atoms with Crippen LogP contribution in [-0.2, 0) is 9.53 Å². The molecule has 0 aromatic rings. The van der Waals surface area contributed by atoms with Crippen LogP contribution in [-0.4, -0.2) is 26.2 Å². The van der Waals surface area contributed by atoms with Crippen molar-refractivity contribution >= 4 is 5.97 Å². The van der Waals surface area contributed by atoms with Crippen LogP contribution in [0.3, 0.4) is 0 Å². The van der Waals surface area contributed by atoms with Crippen molar-refractivity contribution in [3.8, 4) is 0 Å². The second-order valence-electron chi connectivity index (χ2n) is 3.86. The third-order valence-electron chi connectivity index (χ3n) is 2.48. The molecule has 1 atom stereocenters. The van der Waals surface area contributed by atoms with Gasteiger partial charge in [-0.25, -0.2) is 0 Å². The second kappa shape index (κ2) is 9.97. The average molecular weight is 215 g/mol. The number of hydrogen-bond acceptors (Lipinski definition) is 3. The summed E-state index contributed by atoms with van der Waals surface area (Å²) in [6.07, 6.45) is 5.78. The van der Waals surface area contributed by atoms with E-state index in [2.05, 4.69) is 12.2 Å². The fourth-order valence-corrected chi connectivity index (χ4v) is 1.63. The molecular weight excluding hydrogens is 190 g/mol. The monoisotopic (exact) mass is 215 g/mol. The first-order valence-electron chi connectivity index (χ1n) is 6.07. The highest BCUT2D eigenvalue weighted by Crippen LogP contribution is 2.12. The van der Waals surface area contributed by atoms with E-state index in [-0.39, 0.29) is 11.9 Å². The number of unbranched alkanes of at least 4 members (excludes halogenated alkanes) is 3. The molecule has 0 amide bonds. The van der Waals surface area contributed by atoms with E-state index in [0.717, 1.165) is 19.4 Å². The Morgan fingerprint density at radius 3 is 2.53 bits per heavy atom. The van der Waals surface area contributed by atoms with Crippen LogP contribution in [0.25, 0.3) is 0 Å². The molecule has 1 N–H and O–H groups in total. The Kier molecular flexibility index (Phi) is 9.59. The van der Waals surface area contributed by atoms with Crippen molar-refractivity contribution in [2.45, 2.75) is 46.0 Å². The van der Waals surface area contributed by atoms with Crippen LogP contribution in [0.2, 0.25) is 0 Å². The molecule has 0 rings (SSSR count). The highest BCUT2D eigenvalue weighted by molar-refractivity contribution is 5.72. The van der Waals surface area contributed by atoms with Crippen molar-refractivity contribution in [2.24, 2.45) is 5.92 Å². The summed E-state index contributed by atoms with van der Waals surface area (Å²) in [6, 6.07) is 0. The number of carbonyl (C=O) groups is 1. The first kappa shape index (κ1) is 14.4. The van der Waals surface area contributed by atoms with Crippen LogP contribution in [0.4, 0.5) is 0 Å². The molecule has 0 spiro atoms. The van der Waals surface area contributed by atoms with Crippen molar-refractivity contribution in [1.82, 2.24) is 5.32 Å². The standard InChI is InChI=1S/C12H25NO2/c1-4-6-7-8-9-11(10-13-3)12(14)15-5-2/h11,13H,4-10H2,1-3H3. The molecule has 0 radical (unpaired) electrons. The fourth-order valence-electron chi connectivity index (χ4n) is 1.63. The van der Waals surface area contributed by atoms with Gasteiger partial charge >= 0.3 is 5.97 Å². The van der Waals surface area contributed by atoms with Gasteiger partial charge in [0.1, 0.15) is 0 Å². The Balaban J connectivity index is 3.76. The predicted molar refractivity (Wildman–Crippen MR) is 62.8 cm³/mol. The molecule has 0 aliphatic heterocycles. The lowest BCUT2D eigenvalue weighted by Crippen LogP contribution is -2.27. The summed E-state index contributed by atoms with van der Waals surface area (Å²) in [4.78, 5) is 11.5. The summed E-state index contributed by atoms with van der Waals surface area (Å²) in [7, 11) is 1.87. The molecule has 3 nitrogen and oxygen atoms in total. The molecule has 3 heteroatoms. The van der Waals surface area contributed by atoms with E-state index in [1.165, 1.54) is 19.3 Å². The van der Waals surface area contributed by atoms with Crippen LogP contribution >= 0.6 is 0 Å². The van der Waals surface area contributed by atoms with Crippen LogP contribution in [0.15, 0.2) is 0 Å². The Bertz CT molecular complexity index is 160. The topological polar surface area (TPSA) is 38.3 Å². The summed E-state index contributed by atoms with van der Waals surface area (Å²) in [5.74, 6) is -0.0184. The third-order valence-corrected chi connectivity index (χ3v) is 2.48. The maximum absolute atomic E-state index is 11.5. The van der Waals surface area contributed by atoms with Gasteiger partial charge in [0.15, 0.2) is 0 Å². The first-order chi connectivity index (χ1) is 7.26. The van der Waals surface area contributed by atoms with Crippen molar-refractivity contribution in [3.63, 3.8) is 0 Å². The third kappa shape index (κ3) is 7.37. The van der Waals surface area contributed by atoms with Crippen molar-refractivity contribution < 1.29 is 9.53 Å². The maximum atomic E-state index is 11.5. The van der Waals surface area contributed by atoms with Crippen LogP contribution < -0.4 is 5.32 Å². The minimum atomic E-state index is -0.0525. The van der Waals surface area contributed by atoms with Crippen LogP contribution in [0, 0.1) is 5.92 Å². The second-order valence-corrected chi connectivity index (χ2v) is 3.86. The number of nitrogens with one attached hydrogen (secondary N) is 1. The molecule has 90 valence electrons. The Hall–Kier alpha value is -0.570. The summed E-state index contributed by atoms with van der Waals surface area (Å²) >= 11 is 0. The smallest absolute Gasteiger partial charge is 0.310 e. The van der Waals surface area contributed by atoms with Crippen molar-refractivity contribution in [3.05, 3.63) is 0 Å². The van der Waals surface area contributed by atoms with Gasteiger partial charge in [-0.3, -0.25) is 4.79 Å². The van der Waals surface area contributed by atoms with Crippen molar-refractivity contribution in [1.29, 1.82) is 0 Å². The minimum Gasteiger partial charge on any atom is -0.466 e. The lowest BCUT2D eigenvalue weighted by molar-refractivity contribution is -0.148. The van der Waals surface area contributed by atoms with Gasteiger partial charge in [-0.1, -0.05) is 32.6 Å². The molecule has 0 heterocycles. The summed E-state index contributed by atoms with van der Waals surface area (Å²) in [5, 5.41) is 3.05. The summed E-state index contributed by atoms with van der Waals surface area (Å²) in [6.45, 7) is 5.25. The van der Waals surface area contributed by atoms with Gasteiger partial charge in [0.2, 0.25) is 0 Å². The maximum Gasteiger partial charge on any atom is 0.310 e. The van der Waals surface area contributed by atoms with E-state index < -0.39 is 0 Å². The molecule has 0 aliphatic carbocycles. The van der Waals surface area contributed by atoms with Gasteiger partial charge in [-0.05, 0) is 20.4 Å². The zero-order chi connectivity index (χ0) is 11.5. The molecular formula is C12H25NO2. The van der Waals surface area contributed by atoms with Crippen LogP contribution in [0.5, 0.6) is 0 Å². The van der Waals surface area contributed by atoms with E-state index in [0.29, 0.717) is 6.61 Å². The van der Waals surface area contributed by atoms with Gasteiger partial charge in [-0.2, -0.15) is 0 Å². The molecule has 1 unspecified atom stereocenters. The average Bonchev–Trinajstić information content (AvgIpc) is 2.23. The fraction of sp³-hybridized carbons (Fsp3) is 0.917. The molecule has 0 aliphatic rings. The number of ether oxygens (including phenoxy) is 1. The molecule has 15 heavy (non-hydrogen) atoms. The SMILES string of the molecule is CCCCCCC(CNC)C(=O)OCC. The molecule has 0 fully saturated rings. The van der Waals surface area contributed by atoms with E-state index >= 15 is 0 Å². The largest absolute Gasteiger partial charge is 0.466 e. The molecule has 0 saturated heterocycles. The number of carbonyl (C=O) groups excluding carboxylic acids is 1. The summed E-state index contributed by atoms with van der Waals surface area (Å²) in [5.41, 5.74) is 0. The minimum absolute atomic E-state index is 0.0341. The molecule has 0 aromatic carbocycles. The quantitative estimate of drug-likeness (QED) is 0.474. The van der Waals surface area contributed by atoms with Gasteiger partial charge in [0.25, 0.3) is 0 Å². The first-order valence-corrected chi connectivity index (χ1v) is 6.07. The van der Waals surface area contributed by atoms with Gasteiger partial charge in [-0.15, -0.1) is 0 Å². The highest BCUT2D eigenvalue weighted by Gasteiger charge is 2.17. The van der Waals surface area contributed by atoms with E-state index in [1.807, 2.05) is 14.0 Å². The highest BCUT2D eigenvalue weighted by atomic mass is 16.5. The molecule has 0 saturated carbocycles. The van der Waals surface area contributed by atoms with E-state index in [4.69, 9.17) is 4.74 Å². The predicted octanol–water partition coefficient (Wildman–Crippen LogP) is 2.36. The lowest BCUT2D eigenvalue weighted by Gasteiger charge is -2.14. The number of hydrogen-bond donors (Lipinski definition) is 1. The van der Waals surface area contributed by atoms with Crippen LogP contribution in [0.1, 0.15) is 46.0 Å². The zero-order valence-electron chi connectivity index (χ0n) is 10.3. The van der Waals surface area contributed by atoms with E-state index in [1.54, 1.807) is 0 Å². The Morgan fingerprint density at radius 2 is 2.00 bits per heavy atom. The van der Waals surface area contributed by atoms with Gasteiger partial charge < -0.3 is 10.1 Å². The number of esters is 1. The summed E-state index contributed by atoms with van der Waals surface area (Å²) < 4.78 is 5.03. The Morgan fingerprint density at radius 1 is 1.27 bits per heavy atom. The van der Waals surface area contributed by atoms with Gasteiger partial charge in [0, 0.05) is 6.54 Å². The van der Waals surface area contributed by atoms with Crippen molar-refractivity contribution in [2.75, 3.05) is 20.2 Å². The lowest BCUT2D eigenvalue weighted by atomic mass is 10.0. The molecule has 0 aromatic heterocycles. The zero-order valence-corrected chi connectivity index (χ0v) is 10.3.